The van der Waals surface area contributed by atoms with E-state index in [9.17, 15) is 22.9 Å². The van der Waals surface area contributed by atoms with Crippen LogP contribution in [0.3, 0.4) is 0 Å². The Morgan fingerprint density at radius 3 is 2.08 bits per heavy atom. The van der Waals surface area contributed by atoms with E-state index in [2.05, 4.69) is 4.90 Å². The van der Waals surface area contributed by atoms with E-state index in [0.29, 0.717) is 32.7 Å². The highest BCUT2D eigenvalue weighted by atomic mass is 32.2. The summed E-state index contributed by atoms with van der Waals surface area (Å²) in [5, 5.41) is 10.7. The van der Waals surface area contributed by atoms with E-state index in [1.165, 1.54) is 28.6 Å². The van der Waals surface area contributed by atoms with E-state index in [4.69, 9.17) is 0 Å². The highest BCUT2D eigenvalue weighted by Crippen LogP contribution is 2.19. The lowest BCUT2D eigenvalue weighted by molar-refractivity contribution is -0.384. The minimum absolute atomic E-state index is 0.0453. The van der Waals surface area contributed by atoms with Gasteiger partial charge in [0.15, 0.2) is 0 Å². The second-order valence-electron chi connectivity index (χ2n) is 6.06. The molecule has 0 aliphatic carbocycles. The number of rotatable bonds is 5. The summed E-state index contributed by atoms with van der Waals surface area (Å²) in [7, 11) is -3.63. The van der Waals surface area contributed by atoms with Crippen molar-refractivity contribution in [1.82, 2.24) is 9.21 Å². The second kappa shape index (κ2) is 7.48. The van der Waals surface area contributed by atoms with Gasteiger partial charge in [0.25, 0.3) is 5.69 Å². The molecular formula is C17H18FN3O4S. The van der Waals surface area contributed by atoms with Crippen molar-refractivity contribution in [3.05, 3.63) is 70.0 Å². The number of nitro groups is 1. The van der Waals surface area contributed by atoms with E-state index in [-0.39, 0.29) is 10.6 Å². The topological polar surface area (TPSA) is 83.8 Å². The van der Waals surface area contributed by atoms with Crippen molar-refractivity contribution in [3.8, 4) is 0 Å². The van der Waals surface area contributed by atoms with E-state index in [1.807, 2.05) is 0 Å². The molecule has 0 amide bonds. The molecule has 1 saturated heterocycles. The van der Waals surface area contributed by atoms with Crippen molar-refractivity contribution in [2.75, 3.05) is 26.2 Å². The van der Waals surface area contributed by atoms with Crippen LogP contribution >= 0.6 is 0 Å². The zero-order valence-electron chi connectivity index (χ0n) is 13.9. The molecule has 1 aliphatic rings. The monoisotopic (exact) mass is 379 g/mol. The number of non-ortho nitro benzene ring substituents is 1. The molecular weight excluding hydrogens is 361 g/mol. The molecule has 0 radical (unpaired) electrons. The van der Waals surface area contributed by atoms with Crippen molar-refractivity contribution >= 4 is 15.7 Å². The van der Waals surface area contributed by atoms with Crippen LogP contribution in [-0.4, -0.2) is 48.7 Å². The largest absolute Gasteiger partial charge is 0.296 e. The van der Waals surface area contributed by atoms with Gasteiger partial charge >= 0.3 is 0 Å². The molecule has 7 nitrogen and oxygen atoms in total. The molecule has 0 atom stereocenters. The molecule has 3 rings (SSSR count). The number of nitro benzene ring substituents is 1. The Hall–Kier alpha value is -2.36. The van der Waals surface area contributed by atoms with Gasteiger partial charge in [-0.05, 0) is 29.8 Å². The highest BCUT2D eigenvalue weighted by Gasteiger charge is 2.28. The standard InChI is InChI=1S/C17H18FN3O4S/c18-15-3-7-17(8-4-15)26(24,25)20-11-9-19(10-12-20)13-14-1-5-16(6-2-14)21(22)23/h1-8H,9-13H2. The summed E-state index contributed by atoms with van der Waals surface area (Å²) in [5.74, 6) is -0.475. The maximum Gasteiger partial charge on any atom is 0.269 e. The summed E-state index contributed by atoms with van der Waals surface area (Å²) in [6.07, 6.45) is 0. The fourth-order valence-electron chi connectivity index (χ4n) is 2.86. The van der Waals surface area contributed by atoms with Gasteiger partial charge in [0.2, 0.25) is 10.0 Å². The minimum atomic E-state index is -3.63. The second-order valence-corrected chi connectivity index (χ2v) is 8.00. The van der Waals surface area contributed by atoms with E-state index >= 15 is 0 Å². The number of halogens is 1. The first-order chi connectivity index (χ1) is 12.4. The van der Waals surface area contributed by atoms with E-state index in [1.54, 1.807) is 12.1 Å². The van der Waals surface area contributed by atoms with Gasteiger partial charge in [-0.1, -0.05) is 12.1 Å². The molecule has 26 heavy (non-hydrogen) atoms. The van der Waals surface area contributed by atoms with E-state index < -0.39 is 20.8 Å². The Morgan fingerprint density at radius 1 is 0.962 bits per heavy atom. The predicted octanol–water partition coefficient (Wildman–Crippen LogP) is 2.24. The summed E-state index contributed by atoms with van der Waals surface area (Å²) < 4.78 is 39.6. The van der Waals surface area contributed by atoms with Gasteiger partial charge in [0.05, 0.1) is 9.82 Å². The molecule has 0 N–H and O–H groups in total. The first-order valence-electron chi connectivity index (χ1n) is 8.08. The van der Waals surface area contributed by atoms with Gasteiger partial charge < -0.3 is 0 Å². The Labute approximate surface area is 150 Å². The fraction of sp³-hybridized carbons (Fsp3) is 0.294. The third kappa shape index (κ3) is 4.06. The molecule has 1 heterocycles. The molecule has 0 aromatic heterocycles. The van der Waals surface area contributed by atoms with Gasteiger partial charge in [-0.2, -0.15) is 4.31 Å². The predicted molar refractivity (Wildman–Crippen MR) is 93.5 cm³/mol. The lowest BCUT2D eigenvalue weighted by Crippen LogP contribution is -2.48. The van der Waals surface area contributed by atoms with Gasteiger partial charge in [0.1, 0.15) is 5.82 Å². The highest BCUT2D eigenvalue weighted by molar-refractivity contribution is 7.89. The SMILES string of the molecule is O=[N+]([O-])c1ccc(CN2CCN(S(=O)(=O)c3ccc(F)cc3)CC2)cc1. The lowest BCUT2D eigenvalue weighted by Gasteiger charge is -2.34. The van der Waals surface area contributed by atoms with Crippen molar-refractivity contribution in [3.63, 3.8) is 0 Å². The van der Waals surface area contributed by atoms with Gasteiger partial charge in [-0.15, -0.1) is 0 Å². The van der Waals surface area contributed by atoms with Crippen LogP contribution in [0, 0.1) is 15.9 Å². The number of sulfonamides is 1. The molecule has 0 spiro atoms. The molecule has 2 aromatic rings. The van der Waals surface area contributed by atoms with E-state index in [0.717, 1.165) is 17.7 Å². The van der Waals surface area contributed by atoms with Crippen LogP contribution in [0.25, 0.3) is 0 Å². The van der Waals surface area contributed by atoms with Gasteiger partial charge in [-0.25, -0.2) is 12.8 Å². The maximum atomic E-state index is 13.0. The van der Waals surface area contributed by atoms with Crippen LogP contribution in [-0.2, 0) is 16.6 Å². The number of piperazine rings is 1. The third-order valence-electron chi connectivity index (χ3n) is 4.34. The zero-order chi connectivity index (χ0) is 18.7. The third-order valence-corrected chi connectivity index (χ3v) is 6.25. The Morgan fingerprint density at radius 2 is 1.54 bits per heavy atom. The first-order valence-corrected chi connectivity index (χ1v) is 9.52. The van der Waals surface area contributed by atoms with Crippen molar-refractivity contribution in [2.24, 2.45) is 0 Å². The normalized spacial score (nSPS) is 16.5. The summed E-state index contributed by atoms with van der Waals surface area (Å²) >= 11 is 0. The molecule has 2 aromatic carbocycles. The minimum Gasteiger partial charge on any atom is -0.296 e. The van der Waals surface area contributed by atoms with Crippen molar-refractivity contribution in [2.45, 2.75) is 11.4 Å². The average molecular weight is 379 g/mol. The Bertz CT molecular complexity index is 877. The Balaban J connectivity index is 1.60. The molecule has 1 aliphatic heterocycles. The van der Waals surface area contributed by atoms with Gasteiger partial charge in [-0.3, -0.25) is 15.0 Å². The molecule has 9 heteroatoms. The van der Waals surface area contributed by atoms with Crippen LogP contribution < -0.4 is 0 Å². The Kier molecular flexibility index (Phi) is 5.30. The van der Waals surface area contributed by atoms with Crippen LogP contribution in [0.4, 0.5) is 10.1 Å². The van der Waals surface area contributed by atoms with Crippen molar-refractivity contribution < 1.29 is 17.7 Å². The molecule has 138 valence electrons. The number of hydrogen-bond donors (Lipinski definition) is 0. The first kappa shape index (κ1) is 18.4. The van der Waals surface area contributed by atoms with Crippen LogP contribution in [0.1, 0.15) is 5.56 Å². The number of benzene rings is 2. The summed E-state index contributed by atoms with van der Waals surface area (Å²) in [6.45, 7) is 2.39. The molecule has 0 bridgehead atoms. The van der Waals surface area contributed by atoms with Gasteiger partial charge in [0, 0.05) is 44.9 Å². The summed E-state index contributed by atoms with van der Waals surface area (Å²) in [5.41, 5.74) is 0.981. The number of hydrogen-bond acceptors (Lipinski definition) is 5. The zero-order valence-corrected chi connectivity index (χ0v) is 14.7. The van der Waals surface area contributed by atoms with Crippen LogP contribution in [0.2, 0.25) is 0 Å². The quantitative estimate of drug-likeness (QED) is 0.588. The van der Waals surface area contributed by atoms with Crippen LogP contribution in [0.15, 0.2) is 53.4 Å². The maximum absolute atomic E-state index is 13.0. The number of nitrogens with zero attached hydrogens (tertiary/aromatic N) is 3. The van der Waals surface area contributed by atoms with Crippen molar-refractivity contribution in [1.29, 1.82) is 0 Å². The molecule has 0 unspecified atom stereocenters. The molecule has 0 saturated carbocycles. The summed E-state index contributed by atoms with van der Waals surface area (Å²) in [4.78, 5) is 12.4. The summed E-state index contributed by atoms with van der Waals surface area (Å²) in [6, 6.07) is 11.2. The fourth-order valence-corrected chi connectivity index (χ4v) is 4.29. The molecule has 1 fully saturated rings. The smallest absolute Gasteiger partial charge is 0.269 e. The van der Waals surface area contributed by atoms with Crippen LogP contribution in [0.5, 0.6) is 0 Å². The lowest BCUT2D eigenvalue weighted by atomic mass is 10.2. The average Bonchev–Trinajstić information content (AvgIpc) is 2.63.